The highest BCUT2D eigenvalue weighted by molar-refractivity contribution is 6.11. The summed E-state index contributed by atoms with van der Waals surface area (Å²) < 4.78 is 42.2. The molecule has 20 heteroatoms. The summed E-state index contributed by atoms with van der Waals surface area (Å²) in [6, 6.07) is 82.9. The normalized spacial score (nSPS) is 11.1. The summed E-state index contributed by atoms with van der Waals surface area (Å²) in [6.07, 6.45) is 0.752. The second kappa shape index (κ2) is 34.5. The summed E-state index contributed by atoms with van der Waals surface area (Å²) in [5.74, 6) is -0.590. The van der Waals surface area contributed by atoms with Gasteiger partial charge < -0.3 is 52.3 Å². The van der Waals surface area contributed by atoms with Gasteiger partial charge in [0.25, 0.3) is 0 Å². The molecule has 8 aromatic heterocycles. The quantitative estimate of drug-likeness (QED) is 0.0620. The predicted octanol–water partition coefficient (Wildman–Crippen LogP) is 24.7. The number of carboxylic acid groups (broad SMARTS) is 4. The summed E-state index contributed by atoms with van der Waals surface area (Å²) in [7, 11) is 0. The van der Waals surface area contributed by atoms with Crippen molar-refractivity contribution in [3.05, 3.63) is 350 Å². The Morgan fingerprint density at radius 1 is 0.325 bits per heavy atom. The van der Waals surface area contributed by atoms with E-state index in [0.29, 0.717) is 104 Å². The molecule has 11 aromatic carbocycles. The number of ether oxygens (including phenoxy) is 3. The van der Waals surface area contributed by atoms with Gasteiger partial charge in [0, 0.05) is 49.2 Å². The lowest BCUT2D eigenvalue weighted by atomic mass is 9.97. The molecule has 0 saturated heterocycles. The molecule has 19 aromatic rings. The highest BCUT2D eigenvalue weighted by Gasteiger charge is 2.28. The second-order valence-electron chi connectivity index (χ2n) is 29.7. The Labute approximate surface area is 704 Å². The van der Waals surface area contributed by atoms with E-state index in [1.54, 1.807) is 42.5 Å². The van der Waals surface area contributed by atoms with Crippen LogP contribution in [0.25, 0.3) is 133 Å². The highest BCUT2D eigenvalue weighted by Crippen LogP contribution is 2.43. The Balaban J connectivity index is 0.000000122. The minimum Gasteiger partial charge on any atom is -0.488 e. The van der Waals surface area contributed by atoms with E-state index in [2.05, 4.69) is 11.1 Å². The Kier molecular flexibility index (Phi) is 22.7. The van der Waals surface area contributed by atoms with Crippen LogP contribution in [0.15, 0.2) is 279 Å². The number of carboxylic acids is 4. The van der Waals surface area contributed by atoms with E-state index < -0.39 is 23.9 Å². The molecule has 4 N–H and O–H groups in total. The fourth-order valence-corrected chi connectivity index (χ4v) is 15.5. The van der Waals surface area contributed by atoms with Crippen molar-refractivity contribution in [1.82, 2.24) is 19.9 Å². The van der Waals surface area contributed by atoms with Crippen molar-refractivity contribution in [1.29, 1.82) is 5.26 Å². The van der Waals surface area contributed by atoms with Gasteiger partial charge in [0.15, 0.2) is 23.0 Å². The molecule has 0 aliphatic heterocycles. The number of para-hydroxylation sites is 4. The number of furan rings is 4. The maximum absolute atomic E-state index is 12.3. The molecule has 0 amide bonds. The number of carbonyl (C=O) groups is 4. The van der Waals surface area contributed by atoms with Crippen molar-refractivity contribution in [3.63, 3.8) is 0 Å². The number of aryl methyl sites for hydroxylation is 8. The molecule has 0 bridgehead atoms. The molecule has 19 rings (SSSR count). The molecule has 0 aliphatic carbocycles. The summed E-state index contributed by atoms with van der Waals surface area (Å²) >= 11 is 0. The number of hydrogen-bond acceptors (Lipinski definition) is 16. The van der Waals surface area contributed by atoms with Gasteiger partial charge in [-0.15, -0.1) is 0 Å². The van der Waals surface area contributed by atoms with Crippen LogP contribution in [-0.4, -0.2) is 64.2 Å². The summed E-state index contributed by atoms with van der Waals surface area (Å²) in [5.41, 5.74) is 18.1. The zero-order valence-electron chi connectivity index (χ0n) is 68.2. The number of fused-ring (bicyclic) bond motifs is 8. The van der Waals surface area contributed by atoms with Crippen molar-refractivity contribution in [2.24, 2.45) is 0 Å². The van der Waals surface area contributed by atoms with Crippen LogP contribution < -0.4 is 14.2 Å². The Morgan fingerprint density at radius 3 is 0.878 bits per heavy atom. The SMILES string of the molecule is CCc1ccc(C)c2nc(-c3oc4ccccc4c3C)cc(C(=O)O)c12.Cc1c(-c2cc(C(=O)O)c3c(OCc4ccccc4)ccc(C#N)c3n2)oc2ccccc12.Cc1c(-c2cc(C(=O)O)c3c(OCc4ccccc4)ccc(C)c3n2)oc2ccccc12.Cc1c(-c2cc(C(=O)O)c3c(OCc4ccccc4)ccc(C)c3n2)oc2ccccc12. The fourth-order valence-electron chi connectivity index (χ4n) is 15.5. The Morgan fingerprint density at radius 2 is 0.585 bits per heavy atom. The van der Waals surface area contributed by atoms with Gasteiger partial charge in [-0.1, -0.05) is 195 Å². The maximum Gasteiger partial charge on any atom is 0.336 e. The topological polar surface area (TPSA) is 305 Å². The molecule has 0 aliphatic rings. The molecule has 20 nitrogen and oxygen atoms in total. The van der Waals surface area contributed by atoms with E-state index in [9.17, 15) is 44.9 Å². The van der Waals surface area contributed by atoms with Crippen LogP contribution in [0.2, 0.25) is 0 Å². The predicted molar refractivity (Wildman–Crippen MR) is 475 cm³/mol. The van der Waals surface area contributed by atoms with E-state index in [0.717, 1.165) is 117 Å². The molecule has 0 atom stereocenters. The van der Waals surface area contributed by atoms with Gasteiger partial charge in [-0.25, -0.2) is 39.1 Å². The number of rotatable bonds is 18. The van der Waals surface area contributed by atoms with Crippen LogP contribution in [-0.2, 0) is 26.2 Å². The fraction of sp³-hybridized carbons (Fsp3) is 0.117. The third kappa shape index (κ3) is 16.1. The van der Waals surface area contributed by atoms with Gasteiger partial charge >= 0.3 is 23.9 Å². The number of pyridine rings is 4. The van der Waals surface area contributed by atoms with Crippen LogP contribution in [0.1, 0.15) is 115 Å². The Bertz CT molecular complexity index is 7200. The van der Waals surface area contributed by atoms with E-state index in [1.807, 2.05) is 268 Å². The molecule has 0 unspecified atom stereocenters. The van der Waals surface area contributed by atoms with Crippen LogP contribution in [0.4, 0.5) is 0 Å². The molecule has 0 spiro atoms. The molecule has 123 heavy (non-hydrogen) atoms. The van der Waals surface area contributed by atoms with E-state index in [1.165, 1.54) is 6.07 Å². The summed E-state index contributed by atoms with van der Waals surface area (Å²) in [6.45, 7) is 16.5. The van der Waals surface area contributed by atoms with E-state index >= 15 is 0 Å². The third-order valence-corrected chi connectivity index (χ3v) is 21.9. The van der Waals surface area contributed by atoms with Gasteiger partial charge in [0.05, 0.1) is 66.0 Å². The van der Waals surface area contributed by atoms with Crippen molar-refractivity contribution in [2.75, 3.05) is 0 Å². The largest absolute Gasteiger partial charge is 0.488 e. The number of hydrogen-bond donors (Lipinski definition) is 4. The number of nitrogens with zero attached hydrogens (tertiary/aromatic N) is 5. The Hall–Kier alpha value is -16.0. The second-order valence-corrected chi connectivity index (χ2v) is 29.7. The molecular formula is C103H79N5O15. The lowest BCUT2D eigenvalue weighted by molar-refractivity contribution is 0.0688. The molecular weight excluding hydrogens is 1550 g/mol. The number of benzene rings is 11. The van der Waals surface area contributed by atoms with Gasteiger partial charge in [0.2, 0.25) is 0 Å². The lowest BCUT2D eigenvalue weighted by Gasteiger charge is -2.14. The number of aromatic nitrogens is 4. The number of nitriles is 1. The first-order valence-corrected chi connectivity index (χ1v) is 39.7. The van der Waals surface area contributed by atoms with Gasteiger partial charge in [-0.2, -0.15) is 5.26 Å². The monoisotopic (exact) mass is 1630 g/mol. The summed E-state index contributed by atoms with van der Waals surface area (Å²) in [4.78, 5) is 67.9. The van der Waals surface area contributed by atoms with E-state index in [4.69, 9.17) is 46.8 Å². The van der Waals surface area contributed by atoms with Crippen molar-refractivity contribution < 1.29 is 71.5 Å². The first-order chi connectivity index (χ1) is 59.6. The minimum absolute atomic E-state index is 0.00461. The average molecular weight is 1630 g/mol. The standard InChI is InChI=1S/C27H18N2O4.2C27H21NO4.C22H19NO3/c1-16-19-9-5-6-10-22(19)33-26(16)21-13-20(27(30)31)24-23(12-11-18(14-28)25(24)29-21)32-15-17-7-3-2-4-8-17;2*1-16-12-13-23(31-15-18-8-4-3-5-9-18)24-20(27(29)30)14-21(28-25(16)24)26-17(2)19-10-6-7-11-22(19)32-26;1-4-14-10-9-12(2)20-19(14)16(22(24)25)11-17(23-20)21-13(3)15-7-5-6-8-18(15)26-21/h2-13H,15H2,1H3,(H,30,31);2*3-14H,15H2,1-2H3,(H,29,30);5-11H,4H2,1-3H3,(H,24,25). The highest BCUT2D eigenvalue weighted by atomic mass is 16.5. The van der Waals surface area contributed by atoms with Crippen LogP contribution in [0.3, 0.4) is 0 Å². The van der Waals surface area contributed by atoms with E-state index in [-0.39, 0.29) is 45.3 Å². The first kappa shape index (κ1) is 80.8. The maximum atomic E-state index is 12.3. The first-order valence-electron chi connectivity index (χ1n) is 39.7. The lowest BCUT2D eigenvalue weighted by Crippen LogP contribution is -2.04. The van der Waals surface area contributed by atoms with Crippen LogP contribution in [0.5, 0.6) is 17.2 Å². The number of aromatic carboxylic acids is 4. The third-order valence-electron chi connectivity index (χ3n) is 21.9. The van der Waals surface area contributed by atoms with Gasteiger partial charge in [-0.05, 0) is 167 Å². The zero-order valence-corrected chi connectivity index (χ0v) is 68.2. The molecule has 0 fully saturated rings. The van der Waals surface area contributed by atoms with Crippen LogP contribution in [0, 0.1) is 59.8 Å². The smallest absolute Gasteiger partial charge is 0.336 e. The molecule has 0 radical (unpaired) electrons. The zero-order chi connectivity index (χ0) is 85.9. The van der Waals surface area contributed by atoms with Crippen LogP contribution >= 0.6 is 0 Å². The molecule has 8 heterocycles. The van der Waals surface area contributed by atoms with Crippen molar-refractivity contribution >= 4 is 111 Å². The summed E-state index contributed by atoms with van der Waals surface area (Å²) in [5, 5.41) is 55.5. The minimum atomic E-state index is -1.14. The molecule has 0 saturated carbocycles. The average Bonchev–Trinajstić information content (AvgIpc) is 1.75. The van der Waals surface area contributed by atoms with Gasteiger partial charge in [0.1, 0.15) is 88.2 Å². The molecule has 606 valence electrons. The van der Waals surface area contributed by atoms with Gasteiger partial charge in [-0.3, -0.25) is 0 Å². The van der Waals surface area contributed by atoms with Crippen molar-refractivity contribution in [2.45, 2.75) is 81.6 Å². The van der Waals surface area contributed by atoms with Crippen molar-refractivity contribution in [3.8, 4) is 69.1 Å².